The van der Waals surface area contributed by atoms with E-state index >= 15 is 0 Å². The first-order chi connectivity index (χ1) is 18.0. The summed E-state index contributed by atoms with van der Waals surface area (Å²) in [6, 6.07) is 14.0. The molecule has 2 aromatic carbocycles. The van der Waals surface area contributed by atoms with Gasteiger partial charge in [0.25, 0.3) is 5.91 Å². The zero-order valence-electron chi connectivity index (χ0n) is 21.0. The summed E-state index contributed by atoms with van der Waals surface area (Å²) in [5, 5.41) is 10.9. The van der Waals surface area contributed by atoms with Gasteiger partial charge in [0.05, 0.1) is 31.2 Å². The molecule has 0 aliphatic carbocycles. The summed E-state index contributed by atoms with van der Waals surface area (Å²) in [5.74, 6) is -0.426. The lowest BCUT2D eigenvalue weighted by Gasteiger charge is -2.27. The minimum Gasteiger partial charge on any atom is -0.503 e. The predicted molar refractivity (Wildman–Crippen MR) is 140 cm³/mol. The molecule has 8 heteroatoms. The van der Waals surface area contributed by atoms with E-state index < -0.39 is 23.5 Å². The van der Waals surface area contributed by atoms with Crippen LogP contribution in [0.5, 0.6) is 11.5 Å². The third-order valence-corrected chi connectivity index (χ3v) is 6.05. The van der Waals surface area contributed by atoms with Crippen LogP contribution < -0.4 is 9.47 Å². The van der Waals surface area contributed by atoms with Gasteiger partial charge in [0, 0.05) is 25.5 Å². The standard InChI is InChI=1S/C29H31N3O5/c1-3-36-24-14-12-22(19-25(24)37-4-2)27-26(23(33)13-11-21-9-6-5-7-10-21)28(34)29(35)32(27)17-8-16-31-18-15-30-20-31/h5-7,9-15,18-20,27,34H,3-4,8,16-17H2,1-2H3. The van der Waals surface area contributed by atoms with Gasteiger partial charge in [0.1, 0.15) is 0 Å². The Hall–Kier alpha value is -4.33. The molecule has 4 rings (SSSR count). The molecule has 1 aromatic heterocycles. The highest BCUT2D eigenvalue weighted by Gasteiger charge is 2.42. The Balaban J connectivity index is 1.68. The van der Waals surface area contributed by atoms with Crippen LogP contribution in [-0.2, 0) is 16.1 Å². The van der Waals surface area contributed by atoms with Gasteiger partial charge in [-0.15, -0.1) is 0 Å². The first-order valence-corrected chi connectivity index (χ1v) is 12.4. The van der Waals surface area contributed by atoms with Crippen molar-refractivity contribution < 1.29 is 24.2 Å². The smallest absolute Gasteiger partial charge is 0.290 e. The summed E-state index contributed by atoms with van der Waals surface area (Å²) < 4.78 is 13.4. The first kappa shape index (κ1) is 25.8. The van der Waals surface area contributed by atoms with Gasteiger partial charge in [0.15, 0.2) is 23.0 Å². The predicted octanol–water partition coefficient (Wildman–Crippen LogP) is 4.75. The first-order valence-electron chi connectivity index (χ1n) is 12.4. The fourth-order valence-corrected chi connectivity index (χ4v) is 4.39. The second-order valence-electron chi connectivity index (χ2n) is 8.50. The number of allylic oxidation sites excluding steroid dienone is 1. The SMILES string of the molecule is CCOc1ccc(C2C(C(=O)C=Cc3ccccc3)=C(O)C(=O)N2CCCn2ccnc2)cc1OCC. The largest absolute Gasteiger partial charge is 0.503 e. The molecule has 0 saturated heterocycles. The fourth-order valence-electron chi connectivity index (χ4n) is 4.39. The molecule has 1 aliphatic heterocycles. The molecule has 2 heterocycles. The molecular formula is C29H31N3O5. The average Bonchev–Trinajstić information content (AvgIpc) is 3.51. The topological polar surface area (TPSA) is 93.9 Å². The Labute approximate surface area is 216 Å². The van der Waals surface area contributed by atoms with Crippen molar-refractivity contribution in [3.8, 4) is 11.5 Å². The molecule has 1 atom stereocenters. The van der Waals surface area contributed by atoms with Crippen LogP contribution in [0.15, 0.2) is 84.7 Å². The molecule has 0 radical (unpaired) electrons. The van der Waals surface area contributed by atoms with Crippen molar-refractivity contribution >= 4 is 17.8 Å². The minimum absolute atomic E-state index is 0.0476. The molecule has 0 saturated carbocycles. The molecule has 3 aromatic rings. The molecule has 0 spiro atoms. The number of hydrogen-bond donors (Lipinski definition) is 1. The Morgan fingerprint density at radius 2 is 1.81 bits per heavy atom. The van der Waals surface area contributed by atoms with Crippen LogP contribution in [0.25, 0.3) is 6.08 Å². The monoisotopic (exact) mass is 501 g/mol. The molecule has 8 nitrogen and oxygen atoms in total. The van der Waals surface area contributed by atoms with E-state index in [0.717, 1.165) is 5.56 Å². The van der Waals surface area contributed by atoms with Gasteiger partial charge < -0.3 is 24.0 Å². The number of benzene rings is 2. The molecule has 37 heavy (non-hydrogen) atoms. The summed E-state index contributed by atoms with van der Waals surface area (Å²) >= 11 is 0. The quantitative estimate of drug-likeness (QED) is 0.360. The van der Waals surface area contributed by atoms with Gasteiger partial charge in [-0.3, -0.25) is 9.59 Å². The van der Waals surface area contributed by atoms with Crippen molar-refractivity contribution in [1.29, 1.82) is 0 Å². The van der Waals surface area contributed by atoms with Crippen LogP contribution in [-0.4, -0.2) is 51.0 Å². The third kappa shape index (κ3) is 5.91. The second-order valence-corrected chi connectivity index (χ2v) is 8.50. The Bertz CT molecular complexity index is 1280. The number of hydrogen-bond acceptors (Lipinski definition) is 6. The van der Waals surface area contributed by atoms with Gasteiger partial charge in [0.2, 0.25) is 0 Å². The van der Waals surface area contributed by atoms with Crippen molar-refractivity contribution in [2.24, 2.45) is 0 Å². The van der Waals surface area contributed by atoms with Crippen molar-refractivity contribution in [1.82, 2.24) is 14.5 Å². The molecule has 1 amide bonds. The summed E-state index contributed by atoms with van der Waals surface area (Å²) in [6.45, 7) is 5.63. The zero-order valence-corrected chi connectivity index (χ0v) is 21.0. The van der Waals surface area contributed by atoms with Crippen LogP contribution in [0.3, 0.4) is 0 Å². The summed E-state index contributed by atoms with van der Waals surface area (Å²) in [6.07, 6.45) is 8.95. The van der Waals surface area contributed by atoms with Crippen molar-refractivity contribution in [2.75, 3.05) is 19.8 Å². The molecular weight excluding hydrogens is 470 g/mol. The number of imidazole rings is 1. The van der Waals surface area contributed by atoms with Crippen molar-refractivity contribution in [3.05, 3.63) is 95.8 Å². The number of carbonyl (C=O) groups excluding carboxylic acids is 2. The van der Waals surface area contributed by atoms with E-state index in [1.54, 1.807) is 41.7 Å². The minimum atomic E-state index is -0.766. The maximum Gasteiger partial charge on any atom is 0.290 e. The number of aliphatic hydroxyl groups excluding tert-OH is 1. The van der Waals surface area contributed by atoms with Gasteiger partial charge in [-0.25, -0.2) is 4.98 Å². The second kappa shape index (κ2) is 12.1. The fraction of sp³-hybridized carbons (Fsp3) is 0.276. The van der Waals surface area contributed by atoms with Crippen molar-refractivity contribution in [2.45, 2.75) is 32.9 Å². The Morgan fingerprint density at radius 1 is 1.05 bits per heavy atom. The van der Waals surface area contributed by atoms with Gasteiger partial charge in [-0.2, -0.15) is 0 Å². The van der Waals surface area contributed by atoms with Crippen LogP contribution in [0, 0.1) is 0 Å². The van der Waals surface area contributed by atoms with Crippen molar-refractivity contribution in [3.63, 3.8) is 0 Å². The normalized spacial score (nSPS) is 15.6. The van der Waals surface area contributed by atoms with E-state index in [4.69, 9.17) is 9.47 Å². The van der Waals surface area contributed by atoms with Gasteiger partial charge in [-0.1, -0.05) is 42.5 Å². The van der Waals surface area contributed by atoms with E-state index in [1.165, 1.54) is 6.08 Å². The Morgan fingerprint density at radius 3 is 2.51 bits per heavy atom. The molecule has 0 bridgehead atoms. The molecule has 192 valence electrons. The lowest BCUT2D eigenvalue weighted by Crippen LogP contribution is -2.32. The molecule has 1 aliphatic rings. The average molecular weight is 502 g/mol. The summed E-state index contributed by atoms with van der Waals surface area (Å²) in [4.78, 5) is 32.2. The molecule has 1 N–H and O–H groups in total. The number of nitrogens with zero attached hydrogens (tertiary/aromatic N) is 3. The highest BCUT2D eigenvalue weighted by molar-refractivity contribution is 6.14. The maximum atomic E-state index is 13.4. The van der Waals surface area contributed by atoms with E-state index in [-0.39, 0.29) is 5.57 Å². The lowest BCUT2D eigenvalue weighted by atomic mass is 9.95. The van der Waals surface area contributed by atoms with E-state index in [1.807, 2.05) is 54.9 Å². The number of aryl methyl sites for hydroxylation is 1. The van der Waals surface area contributed by atoms with Gasteiger partial charge in [-0.05, 0) is 49.6 Å². The molecule has 1 unspecified atom stereocenters. The van der Waals surface area contributed by atoms with Crippen LogP contribution in [0.1, 0.15) is 37.4 Å². The number of rotatable bonds is 12. The van der Waals surface area contributed by atoms with Crippen LogP contribution in [0.2, 0.25) is 0 Å². The number of ketones is 1. The Kier molecular flexibility index (Phi) is 8.40. The number of amides is 1. The summed E-state index contributed by atoms with van der Waals surface area (Å²) in [5.41, 5.74) is 1.54. The lowest BCUT2D eigenvalue weighted by molar-refractivity contribution is -0.129. The number of aliphatic hydroxyl groups is 1. The summed E-state index contributed by atoms with van der Waals surface area (Å²) in [7, 11) is 0. The highest BCUT2D eigenvalue weighted by Crippen LogP contribution is 2.41. The van der Waals surface area contributed by atoms with E-state index in [0.29, 0.717) is 49.8 Å². The van der Waals surface area contributed by atoms with Crippen LogP contribution in [0.4, 0.5) is 0 Å². The maximum absolute atomic E-state index is 13.4. The molecule has 0 fully saturated rings. The zero-order chi connectivity index (χ0) is 26.2. The van der Waals surface area contributed by atoms with E-state index in [9.17, 15) is 14.7 Å². The highest BCUT2D eigenvalue weighted by atomic mass is 16.5. The number of carbonyl (C=O) groups is 2. The number of ether oxygens (including phenoxy) is 2. The third-order valence-electron chi connectivity index (χ3n) is 6.05. The van der Waals surface area contributed by atoms with Gasteiger partial charge >= 0.3 is 0 Å². The van der Waals surface area contributed by atoms with Crippen LogP contribution >= 0.6 is 0 Å². The number of aromatic nitrogens is 2. The van der Waals surface area contributed by atoms with E-state index in [2.05, 4.69) is 4.98 Å².